The summed E-state index contributed by atoms with van der Waals surface area (Å²) in [5.74, 6) is -2.41. The highest BCUT2D eigenvalue weighted by Crippen LogP contribution is 2.26. The molecule has 0 fully saturated rings. The van der Waals surface area contributed by atoms with Crippen LogP contribution in [0.5, 0.6) is 0 Å². The van der Waals surface area contributed by atoms with Gasteiger partial charge in [-0.25, -0.2) is 9.18 Å². The lowest BCUT2D eigenvalue weighted by Crippen LogP contribution is -2.21. The maximum absolute atomic E-state index is 13.2. The number of benzene rings is 1. The first kappa shape index (κ1) is 12.6. The Morgan fingerprint density at radius 3 is 2.62 bits per heavy atom. The number of carbonyl (C=O) groups is 2. The number of alkyl halides is 1. The summed E-state index contributed by atoms with van der Waals surface area (Å²) in [6, 6.07) is 4.18. The Morgan fingerprint density at radius 2 is 2.06 bits per heavy atom. The topological polar surface area (TPSA) is 43.4 Å². The van der Waals surface area contributed by atoms with E-state index in [-0.39, 0.29) is 11.1 Å². The Labute approximate surface area is 97.2 Å². The summed E-state index contributed by atoms with van der Waals surface area (Å²) in [4.78, 5) is 22.4. The normalized spacial score (nSPS) is 12.0. The Hall–Kier alpha value is -1.42. The van der Waals surface area contributed by atoms with Crippen molar-refractivity contribution in [1.82, 2.24) is 0 Å². The number of carbonyl (C=O) groups excluding carboxylic acids is 2. The van der Waals surface area contributed by atoms with Gasteiger partial charge in [0.15, 0.2) is 0 Å². The van der Waals surface area contributed by atoms with Crippen molar-refractivity contribution in [3.8, 4) is 0 Å². The number of hydrogen-bond acceptors (Lipinski definition) is 3. The monoisotopic (exact) mass is 244 g/mol. The number of ether oxygens (including phenoxy) is 1. The van der Waals surface area contributed by atoms with Crippen molar-refractivity contribution in [2.75, 3.05) is 7.11 Å². The van der Waals surface area contributed by atoms with Gasteiger partial charge in [0.05, 0.1) is 7.11 Å². The second-order valence-corrected chi connectivity index (χ2v) is 3.61. The molecule has 0 aliphatic heterocycles. The van der Waals surface area contributed by atoms with Crippen LogP contribution in [-0.2, 0) is 14.3 Å². The van der Waals surface area contributed by atoms with Gasteiger partial charge >= 0.3 is 5.97 Å². The van der Waals surface area contributed by atoms with Crippen LogP contribution in [0.15, 0.2) is 18.2 Å². The molecule has 1 rings (SSSR count). The van der Waals surface area contributed by atoms with Crippen LogP contribution in [0, 0.1) is 12.7 Å². The number of rotatable bonds is 3. The first-order chi connectivity index (χ1) is 7.49. The predicted molar refractivity (Wildman–Crippen MR) is 56.8 cm³/mol. The van der Waals surface area contributed by atoms with Crippen molar-refractivity contribution in [3.05, 3.63) is 35.1 Å². The van der Waals surface area contributed by atoms with Crippen LogP contribution in [-0.4, -0.2) is 18.9 Å². The molecular formula is C11H10ClFO3. The van der Waals surface area contributed by atoms with Gasteiger partial charge in [-0.2, -0.15) is 0 Å². The Kier molecular flexibility index (Phi) is 4.01. The molecule has 1 aromatic carbocycles. The summed E-state index contributed by atoms with van der Waals surface area (Å²) >= 11 is 5.79. The second kappa shape index (κ2) is 5.07. The maximum Gasteiger partial charge on any atom is 0.376 e. The third-order valence-electron chi connectivity index (χ3n) is 2.20. The molecule has 0 radical (unpaired) electrons. The summed E-state index contributed by atoms with van der Waals surface area (Å²) < 4.78 is 17.5. The Bertz CT molecular complexity index is 431. The lowest BCUT2D eigenvalue weighted by molar-refractivity contribution is -0.151. The highest BCUT2D eigenvalue weighted by molar-refractivity contribution is 6.47. The Balaban J connectivity index is 3.05. The highest BCUT2D eigenvalue weighted by atomic mass is 35.5. The number of esters is 1. The minimum atomic E-state index is -1.22. The molecule has 16 heavy (non-hydrogen) atoms. The van der Waals surface area contributed by atoms with Gasteiger partial charge in [-0.3, -0.25) is 4.79 Å². The van der Waals surface area contributed by atoms with E-state index in [0.29, 0.717) is 0 Å². The molecule has 3 nitrogen and oxygen atoms in total. The van der Waals surface area contributed by atoms with E-state index in [9.17, 15) is 14.0 Å². The van der Waals surface area contributed by atoms with Crippen molar-refractivity contribution in [1.29, 1.82) is 0 Å². The lowest BCUT2D eigenvalue weighted by Gasteiger charge is -2.10. The predicted octanol–water partition coefficient (Wildman–Crippen LogP) is 2.16. The summed E-state index contributed by atoms with van der Waals surface area (Å²) in [5.41, 5.74) is 0.525. The summed E-state index contributed by atoms with van der Waals surface area (Å²) in [6.07, 6.45) is 0. The molecule has 0 unspecified atom stereocenters. The van der Waals surface area contributed by atoms with Gasteiger partial charge in [0.2, 0.25) is 0 Å². The second-order valence-electron chi connectivity index (χ2n) is 3.17. The van der Waals surface area contributed by atoms with Crippen molar-refractivity contribution >= 4 is 23.4 Å². The molecule has 0 N–H and O–H groups in total. The smallest absolute Gasteiger partial charge is 0.376 e. The van der Waals surface area contributed by atoms with E-state index in [0.717, 1.165) is 7.11 Å². The van der Waals surface area contributed by atoms with Crippen LogP contribution in [0.4, 0.5) is 4.39 Å². The van der Waals surface area contributed by atoms with Gasteiger partial charge in [0.25, 0.3) is 5.78 Å². The van der Waals surface area contributed by atoms with E-state index in [1.807, 2.05) is 0 Å². The van der Waals surface area contributed by atoms with E-state index in [2.05, 4.69) is 4.74 Å². The number of Topliss-reactive ketones (excluding diaryl/α,β-unsaturated/α-hetero) is 1. The molecule has 0 spiro atoms. The van der Waals surface area contributed by atoms with Crippen molar-refractivity contribution in [3.63, 3.8) is 0 Å². The summed E-state index contributed by atoms with van der Waals surface area (Å²) in [5, 5.41) is -1.22. The van der Waals surface area contributed by atoms with Crippen LogP contribution < -0.4 is 0 Å². The maximum atomic E-state index is 13.2. The average Bonchev–Trinajstić information content (AvgIpc) is 2.29. The van der Waals surface area contributed by atoms with E-state index >= 15 is 0 Å². The number of hydrogen-bond donors (Lipinski definition) is 0. The highest BCUT2D eigenvalue weighted by Gasteiger charge is 2.27. The molecule has 86 valence electrons. The van der Waals surface area contributed by atoms with Gasteiger partial charge in [-0.05, 0) is 24.1 Å². The minimum absolute atomic E-state index is 0.250. The molecule has 0 aliphatic rings. The van der Waals surface area contributed by atoms with Crippen molar-refractivity contribution in [2.45, 2.75) is 12.3 Å². The molecule has 0 aromatic heterocycles. The SMILES string of the molecule is COC(=O)C(=O)[C@@H](Cl)c1cccc(F)c1C. The molecule has 0 saturated carbocycles. The summed E-state index contributed by atoms with van der Waals surface area (Å²) in [6.45, 7) is 1.49. The van der Waals surface area contributed by atoms with E-state index in [1.165, 1.54) is 25.1 Å². The first-order valence-electron chi connectivity index (χ1n) is 4.50. The fourth-order valence-electron chi connectivity index (χ4n) is 1.24. The largest absolute Gasteiger partial charge is 0.463 e. The molecule has 0 heterocycles. The molecule has 5 heteroatoms. The van der Waals surface area contributed by atoms with Crippen molar-refractivity contribution < 1.29 is 18.7 Å². The Morgan fingerprint density at radius 1 is 1.44 bits per heavy atom. The zero-order valence-corrected chi connectivity index (χ0v) is 9.55. The van der Waals surface area contributed by atoms with Crippen molar-refractivity contribution in [2.24, 2.45) is 0 Å². The summed E-state index contributed by atoms with van der Waals surface area (Å²) in [7, 11) is 1.09. The van der Waals surface area contributed by atoms with E-state index in [4.69, 9.17) is 11.6 Å². The third-order valence-corrected chi connectivity index (χ3v) is 2.63. The van der Waals surface area contributed by atoms with Crippen LogP contribution in [0.3, 0.4) is 0 Å². The quantitative estimate of drug-likeness (QED) is 0.465. The zero-order valence-electron chi connectivity index (χ0n) is 8.79. The van der Waals surface area contributed by atoms with Crippen LogP contribution in [0.1, 0.15) is 16.5 Å². The van der Waals surface area contributed by atoms with Crippen LogP contribution >= 0.6 is 11.6 Å². The molecule has 1 aromatic rings. The first-order valence-corrected chi connectivity index (χ1v) is 4.94. The molecular weight excluding hydrogens is 235 g/mol. The van der Waals surface area contributed by atoms with Gasteiger partial charge in [0, 0.05) is 0 Å². The standard InChI is InChI=1S/C11H10ClFO3/c1-6-7(4-3-5-8(6)13)9(12)10(14)11(15)16-2/h3-5,9H,1-2H3/t9-/m0/s1. The molecule has 0 bridgehead atoms. The lowest BCUT2D eigenvalue weighted by atomic mass is 10.0. The van der Waals surface area contributed by atoms with Gasteiger partial charge in [0.1, 0.15) is 11.2 Å². The molecule has 0 saturated heterocycles. The number of methoxy groups -OCH3 is 1. The van der Waals surface area contributed by atoms with E-state index < -0.39 is 22.9 Å². The van der Waals surface area contributed by atoms with Gasteiger partial charge in [-0.1, -0.05) is 12.1 Å². The zero-order chi connectivity index (χ0) is 12.3. The van der Waals surface area contributed by atoms with Crippen LogP contribution in [0.2, 0.25) is 0 Å². The van der Waals surface area contributed by atoms with Gasteiger partial charge in [-0.15, -0.1) is 11.6 Å². The third kappa shape index (κ3) is 2.39. The minimum Gasteiger partial charge on any atom is -0.463 e. The number of ketones is 1. The van der Waals surface area contributed by atoms with E-state index in [1.54, 1.807) is 0 Å². The molecule has 1 atom stereocenters. The number of halogens is 2. The average molecular weight is 245 g/mol. The molecule has 0 amide bonds. The fourth-order valence-corrected chi connectivity index (χ4v) is 1.57. The van der Waals surface area contributed by atoms with Gasteiger partial charge < -0.3 is 4.74 Å². The fraction of sp³-hybridized carbons (Fsp3) is 0.273. The molecule has 0 aliphatic carbocycles. The van der Waals surface area contributed by atoms with Crippen LogP contribution in [0.25, 0.3) is 0 Å².